The molecule has 0 heterocycles. The molecule has 0 aromatic heterocycles. The van der Waals surface area contributed by atoms with Crippen LogP contribution in [0.1, 0.15) is 43.2 Å². The Kier molecular flexibility index (Phi) is 10.2. The summed E-state index contributed by atoms with van der Waals surface area (Å²) in [4.78, 5) is 29.3. The fourth-order valence-electron chi connectivity index (χ4n) is 5.03. The highest BCUT2D eigenvalue weighted by molar-refractivity contribution is 5.88. The van der Waals surface area contributed by atoms with Crippen LogP contribution in [0, 0.1) is 0 Å². The number of ether oxygens (including phenoxy) is 3. The summed E-state index contributed by atoms with van der Waals surface area (Å²) in [6.45, 7) is 0.00719. The largest absolute Gasteiger partial charge is 0.497 e. The number of nitrogens with one attached hydrogen (secondary N) is 1. The molecule has 3 aromatic carbocycles. The van der Waals surface area contributed by atoms with Crippen LogP contribution in [0.2, 0.25) is 0 Å². The van der Waals surface area contributed by atoms with E-state index in [4.69, 9.17) is 14.2 Å². The fraction of sp³-hybridized carbons (Fsp3) is 0.375. The van der Waals surface area contributed by atoms with Crippen LogP contribution >= 0.6 is 0 Å². The van der Waals surface area contributed by atoms with Gasteiger partial charge < -0.3 is 24.4 Å². The summed E-state index contributed by atoms with van der Waals surface area (Å²) < 4.78 is 16.7. The molecule has 1 fully saturated rings. The van der Waals surface area contributed by atoms with E-state index in [1.807, 2.05) is 66.7 Å². The van der Waals surface area contributed by atoms with Crippen LogP contribution in [0.4, 0.5) is 0 Å². The minimum atomic E-state index is -0.714. The van der Waals surface area contributed by atoms with Gasteiger partial charge >= 0.3 is 0 Å². The van der Waals surface area contributed by atoms with Gasteiger partial charge in [0.1, 0.15) is 11.8 Å². The SMILES string of the molecule is COc1cccc(CN(C(=O)COc2ccccc2OC)C(Cc2ccccc2)C(=O)NC2CCCCC2)c1. The molecule has 0 saturated heterocycles. The number of hydrogen-bond acceptors (Lipinski definition) is 5. The van der Waals surface area contributed by atoms with E-state index in [0.717, 1.165) is 36.8 Å². The Balaban J connectivity index is 1.63. The third kappa shape index (κ3) is 7.99. The molecule has 7 heteroatoms. The zero-order valence-corrected chi connectivity index (χ0v) is 22.8. The Labute approximate surface area is 231 Å². The van der Waals surface area contributed by atoms with E-state index >= 15 is 0 Å². The van der Waals surface area contributed by atoms with Crippen molar-refractivity contribution in [1.29, 1.82) is 0 Å². The lowest BCUT2D eigenvalue weighted by Crippen LogP contribution is -2.53. The molecule has 0 spiro atoms. The Morgan fingerprint density at radius 3 is 2.26 bits per heavy atom. The lowest BCUT2D eigenvalue weighted by molar-refractivity contribution is -0.143. The van der Waals surface area contributed by atoms with E-state index in [1.165, 1.54) is 6.42 Å². The summed E-state index contributed by atoms with van der Waals surface area (Å²) >= 11 is 0. The average Bonchev–Trinajstić information content (AvgIpc) is 2.99. The normalized spacial score (nSPS) is 14.2. The molecule has 1 saturated carbocycles. The zero-order chi connectivity index (χ0) is 27.5. The van der Waals surface area contributed by atoms with Crippen molar-refractivity contribution in [2.45, 2.75) is 57.2 Å². The van der Waals surface area contributed by atoms with Crippen molar-refractivity contribution in [2.75, 3.05) is 20.8 Å². The number of benzene rings is 3. The van der Waals surface area contributed by atoms with Crippen molar-refractivity contribution in [1.82, 2.24) is 10.2 Å². The second-order valence-electron chi connectivity index (χ2n) is 9.86. The predicted molar refractivity (Wildman–Crippen MR) is 151 cm³/mol. The first-order valence-electron chi connectivity index (χ1n) is 13.6. The molecule has 1 aliphatic rings. The Bertz CT molecular complexity index is 1210. The van der Waals surface area contributed by atoms with Gasteiger partial charge in [-0.15, -0.1) is 0 Å². The molecule has 206 valence electrons. The van der Waals surface area contributed by atoms with Crippen LogP contribution in [0.25, 0.3) is 0 Å². The Hall–Kier alpha value is -4.00. The molecule has 2 amide bonds. The van der Waals surface area contributed by atoms with E-state index in [9.17, 15) is 9.59 Å². The summed E-state index contributed by atoms with van der Waals surface area (Å²) in [5, 5.41) is 3.26. The van der Waals surface area contributed by atoms with Gasteiger partial charge in [-0.1, -0.05) is 73.9 Å². The van der Waals surface area contributed by atoms with E-state index in [2.05, 4.69) is 5.32 Å². The van der Waals surface area contributed by atoms with Gasteiger partial charge in [0, 0.05) is 19.0 Å². The molecule has 7 nitrogen and oxygen atoms in total. The molecule has 39 heavy (non-hydrogen) atoms. The summed E-state index contributed by atoms with van der Waals surface area (Å²) in [5.41, 5.74) is 1.85. The quantitative estimate of drug-likeness (QED) is 0.350. The lowest BCUT2D eigenvalue weighted by Gasteiger charge is -2.33. The maximum Gasteiger partial charge on any atom is 0.261 e. The van der Waals surface area contributed by atoms with E-state index in [-0.39, 0.29) is 31.0 Å². The van der Waals surface area contributed by atoms with E-state index in [0.29, 0.717) is 23.7 Å². The third-order valence-corrected chi connectivity index (χ3v) is 7.13. The number of carbonyl (C=O) groups excluding carboxylic acids is 2. The molecular weight excluding hydrogens is 492 g/mol. The minimum absolute atomic E-state index is 0.128. The van der Waals surface area contributed by atoms with Crippen molar-refractivity contribution in [3.63, 3.8) is 0 Å². The standard InChI is InChI=1S/C32H38N2O5/c1-37-27-17-11-14-25(20-27)22-34(31(35)23-39-30-19-10-9-18-29(30)38-2)28(21-24-12-5-3-6-13-24)32(36)33-26-15-7-4-8-16-26/h3,5-6,9-14,17-20,26,28H,4,7-8,15-16,21-23H2,1-2H3,(H,33,36). The topological polar surface area (TPSA) is 77.1 Å². The highest BCUT2D eigenvalue weighted by atomic mass is 16.5. The Morgan fingerprint density at radius 1 is 0.846 bits per heavy atom. The third-order valence-electron chi connectivity index (χ3n) is 7.13. The number of carbonyl (C=O) groups is 2. The van der Waals surface area contributed by atoms with Crippen molar-refractivity contribution in [2.24, 2.45) is 0 Å². The summed E-state index contributed by atoms with van der Waals surface area (Å²) in [6.07, 6.45) is 5.72. The maximum absolute atomic E-state index is 13.9. The maximum atomic E-state index is 13.9. The number of hydrogen-bond donors (Lipinski definition) is 1. The highest BCUT2D eigenvalue weighted by Crippen LogP contribution is 2.26. The second-order valence-corrected chi connectivity index (χ2v) is 9.86. The van der Waals surface area contributed by atoms with E-state index in [1.54, 1.807) is 31.3 Å². The van der Waals surface area contributed by atoms with Gasteiger partial charge in [0.05, 0.1) is 14.2 Å². The lowest BCUT2D eigenvalue weighted by atomic mass is 9.94. The van der Waals surface area contributed by atoms with Gasteiger partial charge in [-0.05, 0) is 48.2 Å². The van der Waals surface area contributed by atoms with Crippen LogP contribution < -0.4 is 19.5 Å². The van der Waals surface area contributed by atoms with Gasteiger partial charge in [-0.2, -0.15) is 0 Å². The molecule has 0 radical (unpaired) electrons. The van der Waals surface area contributed by atoms with Crippen molar-refractivity contribution in [3.8, 4) is 17.2 Å². The Morgan fingerprint density at radius 2 is 1.54 bits per heavy atom. The number of methoxy groups -OCH3 is 2. The molecule has 0 aliphatic heterocycles. The van der Waals surface area contributed by atoms with Crippen LogP contribution in [0.15, 0.2) is 78.9 Å². The van der Waals surface area contributed by atoms with Crippen LogP contribution in [-0.4, -0.2) is 49.6 Å². The fourth-order valence-corrected chi connectivity index (χ4v) is 5.03. The van der Waals surface area contributed by atoms with Gasteiger partial charge in [0.2, 0.25) is 5.91 Å². The zero-order valence-electron chi connectivity index (χ0n) is 22.8. The molecule has 1 unspecified atom stereocenters. The molecule has 3 aromatic rings. The van der Waals surface area contributed by atoms with Crippen LogP contribution in [-0.2, 0) is 22.6 Å². The summed E-state index contributed by atoms with van der Waals surface area (Å²) in [5.74, 6) is 1.28. The molecular formula is C32H38N2O5. The first kappa shape index (κ1) is 28.0. The van der Waals surface area contributed by atoms with Crippen molar-refractivity contribution in [3.05, 3.63) is 90.0 Å². The van der Waals surface area contributed by atoms with Crippen molar-refractivity contribution >= 4 is 11.8 Å². The number of para-hydroxylation sites is 2. The highest BCUT2D eigenvalue weighted by Gasteiger charge is 2.32. The number of nitrogens with zero attached hydrogens (tertiary/aromatic N) is 1. The first-order chi connectivity index (χ1) is 19.1. The molecule has 1 N–H and O–H groups in total. The number of amides is 2. The molecule has 0 bridgehead atoms. The minimum Gasteiger partial charge on any atom is -0.497 e. The monoisotopic (exact) mass is 530 g/mol. The predicted octanol–water partition coefficient (Wildman–Crippen LogP) is 5.17. The summed E-state index contributed by atoms with van der Waals surface area (Å²) in [6, 6.07) is 24.0. The van der Waals surface area contributed by atoms with Gasteiger partial charge in [-0.3, -0.25) is 9.59 Å². The average molecular weight is 531 g/mol. The molecule has 1 atom stereocenters. The van der Waals surface area contributed by atoms with Crippen LogP contribution in [0.3, 0.4) is 0 Å². The van der Waals surface area contributed by atoms with Gasteiger partial charge in [0.25, 0.3) is 5.91 Å². The van der Waals surface area contributed by atoms with Gasteiger partial charge in [-0.25, -0.2) is 0 Å². The first-order valence-corrected chi connectivity index (χ1v) is 13.6. The van der Waals surface area contributed by atoms with Crippen molar-refractivity contribution < 1.29 is 23.8 Å². The number of rotatable bonds is 12. The van der Waals surface area contributed by atoms with Gasteiger partial charge in [0.15, 0.2) is 18.1 Å². The molecule has 1 aliphatic carbocycles. The van der Waals surface area contributed by atoms with E-state index < -0.39 is 6.04 Å². The molecule has 4 rings (SSSR count). The smallest absolute Gasteiger partial charge is 0.261 e. The second kappa shape index (κ2) is 14.2. The summed E-state index contributed by atoms with van der Waals surface area (Å²) in [7, 11) is 3.17. The van der Waals surface area contributed by atoms with Crippen LogP contribution in [0.5, 0.6) is 17.2 Å².